The molecule has 2 rings (SSSR count). The predicted molar refractivity (Wildman–Crippen MR) is 55.5 cm³/mol. The summed E-state index contributed by atoms with van der Waals surface area (Å²) in [6, 6.07) is 1.79. The maximum atomic E-state index is 10.4. The van der Waals surface area contributed by atoms with E-state index >= 15 is 0 Å². The second-order valence-corrected chi connectivity index (χ2v) is 3.35. The molecule has 0 spiro atoms. The molecule has 84 valence electrons. The molecule has 0 bridgehead atoms. The van der Waals surface area contributed by atoms with Gasteiger partial charge in [0.05, 0.1) is 17.2 Å². The highest BCUT2D eigenvalue weighted by molar-refractivity contribution is 5.05. The Morgan fingerprint density at radius 2 is 2.56 bits per heavy atom. The summed E-state index contributed by atoms with van der Waals surface area (Å²) >= 11 is 0. The molecule has 0 radical (unpaired) electrons. The summed E-state index contributed by atoms with van der Waals surface area (Å²) in [5.41, 5.74) is 0.841. The molecule has 7 heteroatoms. The molecule has 1 fully saturated rings. The van der Waals surface area contributed by atoms with Gasteiger partial charge in [-0.2, -0.15) is 0 Å². The van der Waals surface area contributed by atoms with Gasteiger partial charge in [-0.3, -0.25) is 10.1 Å². The summed E-state index contributed by atoms with van der Waals surface area (Å²) in [6.07, 6.45) is 4.10. The molecule has 1 aliphatic rings. The molecule has 0 saturated carbocycles. The van der Waals surface area contributed by atoms with Gasteiger partial charge in [0.15, 0.2) is 5.82 Å². The van der Waals surface area contributed by atoms with Gasteiger partial charge in [0.1, 0.15) is 6.33 Å². The minimum atomic E-state index is -0.458. The van der Waals surface area contributed by atoms with Gasteiger partial charge in [0, 0.05) is 19.3 Å². The van der Waals surface area contributed by atoms with E-state index in [1.807, 2.05) is 4.90 Å². The molecule has 1 N–H and O–H groups in total. The lowest BCUT2D eigenvalue weighted by Crippen LogP contribution is -2.21. The SMILES string of the molecule is O=[N+]([O-])/C=C1\NCCN1Cc1ccncn1. The molecule has 7 nitrogen and oxygen atoms in total. The van der Waals surface area contributed by atoms with E-state index in [1.54, 1.807) is 12.3 Å². The van der Waals surface area contributed by atoms with Crippen molar-refractivity contribution < 1.29 is 4.92 Å². The van der Waals surface area contributed by atoms with Crippen LogP contribution in [-0.2, 0) is 6.54 Å². The topological polar surface area (TPSA) is 84.2 Å². The van der Waals surface area contributed by atoms with E-state index in [-0.39, 0.29) is 0 Å². The standard InChI is InChI=1S/C9H11N5O2/c15-14(16)6-9-11-3-4-13(9)5-8-1-2-10-7-12-8/h1-2,6-7,11H,3-5H2/b9-6+. The summed E-state index contributed by atoms with van der Waals surface area (Å²) in [6.45, 7) is 2.00. The molecule has 0 amide bonds. The van der Waals surface area contributed by atoms with Crippen molar-refractivity contribution >= 4 is 0 Å². The second kappa shape index (κ2) is 4.56. The van der Waals surface area contributed by atoms with Gasteiger partial charge >= 0.3 is 0 Å². The molecular weight excluding hydrogens is 210 g/mol. The van der Waals surface area contributed by atoms with Crippen LogP contribution < -0.4 is 5.32 Å². The van der Waals surface area contributed by atoms with Gasteiger partial charge in [-0.05, 0) is 6.07 Å². The van der Waals surface area contributed by atoms with Gasteiger partial charge in [0.2, 0.25) is 0 Å². The average molecular weight is 221 g/mol. The second-order valence-electron chi connectivity index (χ2n) is 3.35. The Hall–Kier alpha value is -2.18. The van der Waals surface area contributed by atoms with Gasteiger partial charge in [-0.1, -0.05) is 0 Å². The quantitative estimate of drug-likeness (QED) is 0.569. The van der Waals surface area contributed by atoms with Crippen LogP contribution in [0.1, 0.15) is 5.69 Å². The largest absolute Gasteiger partial charge is 0.365 e. The van der Waals surface area contributed by atoms with Gasteiger partial charge < -0.3 is 10.2 Å². The predicted octanol–water partition coefficient (Wildman–Crippen LogP) is -0.0426. The van der Waals surface area contributed by atoms with E-state index in [0.29, 0.717) is 18.9 Å². The zero-order valence-electron chi connectivity index (χ0n) is 8.54. The normalized spacial score (nSPS) is 17.5. The molecular formula is C9H11N5O2. The monoisotopic (exact) mass is 221 g/mol. The van der Waals surface area contributed by atoms with Crippen molar-refractivity contribution in [1.82, 2.24) is 20.2 Å². The van der Waals surface area contributed by atoms with E-state index in [4.69, 9.17) is 0 Å². The maximum Gasteiger partial charge on any atom is 0.274 e. The lowest BCUT2D eigenvalue weighted by atomic mass is 10.4. The van der Waals surface area contributed by atoms with Crippen LogP contribution in [0.5, 0.6) is 0 Å². The van der Waals surface area contributed by atoms with Crippen LogP contribution >= 0.6 is 0 Å². The van der Waals surface area contributed by atoms with Crippen LogP contribution in [-0.4, -0.2) is 32.9 Å². The highest BCUT2D eigenvalue weighted by Crippen LogP contribution is 2.10. The number of nitro groups is 1. The number of hydrogen-bond donors (Lipinski definition) is 1. The molecule has 1 aromatic heterocycles. The van der Waals surface area contributed by atoms with Crippen LogP contribution in [0.25, 0.3) is 0 Å². The summed E-state index contributed by atoms with van der Waals surface area (Å²) in [4.78, 5) is 19.7. The minimum Gasteiger partial charge on any atom is -0.365 e. The molecule has 1 aromatic rings. The molecule has 0 atom stereocenters. The van der Waals surface area contributed by atoms with Gasteiger partial charge in [0.25, 0.3) is 6.20 Å². The van der Waals surface area contributed by atoms with Crippen LogP contribution in [0.3, 0.4) is 0 Å². The number of nitrogens with zero attached hydrogens (tertiary/aromatic N) is 4. The van der Waals surface area contributed by atoms with Crippen LogP contribution in [0.15, 0.2) is 30.6 Å². The highest BCUT2D eigenvalue weighted by atomic mass is 16.6. The van der Waals surface area contributed by atoms with Gasteiger partial charge in [-0.15, -0.1) is 0 Å². The van der Waals surface area contributed by atoms with Crippen LogP contribution in [0.2, 0.25) is 0 Å². The summed E-state index contributed by atoms with van der Waals surface area (Å²) in [5.74, 6) is 0.531. The number of hydrogen-bond acceptors (Lipinski definition) is 6. The van der Waals surface area contributed by atoms with E-state index in [9.17, 15) is 10.1 Å². The Bertz CT molecular complexity index is 406. The van der Waals surface area contributed by atoms with E-state index in [0.717, 1.165) is 18.4 Å². The smallest absolute Gasteiger partial charge is 0.274 e. The molecule has 0 aromatic carbocycles. The molecule has 0 aliphatic carbocycles. The van der Waals surface area contributed by atoms with Crippen molar-refractivity contribution in [2.45, 2.75) is 6.54 Å². The van der Waals surface area contributed by atoms with E-state index in [2.05, 4.69) is 15.3 Å². The zero-order valence-corrected chi connectivity index (χ0v) is 8.54. The summed E-state index contributed by atoms with van der Waals surface area (Å²) in [7, 11) is 0. The lowest BCUT2D eigenvalue weighted by molar-refractivity contribution is -0.404. The Kier molecular flexibility index (Phi) is 2.95. The molecule has 16 heavy (non-hydrogen) atoms. The Morgan fingerprint density at radius 1 is 1.69 bits per heavy atom. The van der Waals surface area contributed by atoms with Gasteiger partial charge in [-0.25, -0.2) is 9.97 Å². The number of nitrogens with one attached hydrogen (secondary N) is 1. The minimum absolute atomic E-state index is 0.458. The van der Waals surface area contributed by atoms with E-state index in [1.165, 1.54) is 6.33 Å². The molecule has 0 unspecified atom stereocenters. The van der Waals surface area contributed by atoms with Crippen molar-refractivity contribution in [3.63, 3.8) is 0 Å². The van der Waals surface area contributed by atoms with Crippen molar-refractivity contribution in [3.8, 4) is 0 Å². The molecule has 1 aliphatic heterocycles. The third-order valence-corrected chi connectivity index (χ3v) is 2.25. The first kappa shape index (κ1) is 10.3. The van der Waals surface area contributed by atoms with Crippen LogP contribution in [0.4, 0.5) is 0 Å². The zero-order chi connectivity index (χ0) is 11.4. The molecule has 2 heterocycles. The van der Waals surface area contributed by atoms with E-state index < -0.39 is 4.92 Å². The maximum absolute atomic E-state index is 10.4. The van der Waals surface area contributed by atoms with Crippen molar-refractivity contribution in [2.75, 3.05) is 13.1 Å². The first-order valence-corrected chi connectivity index (χ1v) is 4.85. The first-order valence-electron chi connectivity index (χ1n) is 4.85. The van der Waals surface area contributed by atoms with Crippen molar-refractivity contribution in [2.24, 2.45) is 0 Å². The highest BCUT2D eigenvalue weighted by Gasteiger charge is 2.19. The third-order valence-electron chi connectivity index (χ3n) is 2.25. The Morgan fingerprint density at radius 3 is 3.25 bits per heavy atom. The van der Waals surface area contributed by atoms with Crippen molar-refractivity contribution in [1.29, 1.82) is 0 Å². The van der Waals surface area contributed by atoms with Crippen LogP contribution in [0, 0.1) is 10.1 Å². The summed E-state index contributed by atoms with van der Waals surface area (Å²) < 4.78 is 0. The van der Waals surface area contributed by atoms with Crippen molar-refractivity contribution in [3.05, 3.63) is 46.4 Å². The first-order chi connectivity index (χ1) is 7.75. The fraction of sp³-hybridized carbons (Fsp3) is 0.333. The fourth-order valence-corrected chi connectivity index (χ4v) is 1.55. The molecule has 1 saturated heterocycles. The Labute approximate surface area is 92.0 Å². The number of rotatable bonds is 3. The third kappa shape index (κ3) is 2.44. The Balaban J connectivity index is 2.07. The average Bonchev–Trinajstić information content (AvgIpc) is 2.66. The fourth-order valence-electron chi connectivity index (χ4n) is 1.55. The lowest BCUT2D eigenvalue weighted by Gasteiger charge is -2.15. The number of aromatic nitrogens is 2. The summed E-state index contributed by atoms with van der Waals surface area (Å²) in [5, 5.41) is 13.4.